The van der Waals surface area contributed by atoms with E-state index in [4.69, 9.17) is 28.9 Å². The van der Waals surface area contributed by atoms with Gasteiger partial charge in [0, 0.05) is 11.3 Å². The Labute approximate surface area is 126 Å². The number of nitrogen functional groups attached to an aromatic ring is 1. The lowest BCUT2D eigenvalue weighted by molar-refractivity contribution is 0.587. The second kappa shape index (κ2) is 5.60. The number of nitrogens with two attached hydrogens (primary N) is 1. The minimum atomic E-state index is -3.79. The number of hydrogen-bond donors (Lipinski definition) is 1. The molecule has 106 valence electrons. The summed E-state index contributed by atoms with van der Waals surface area (Å²) in [6.07, 6.45) is 0. The molecule has 0 heterocycles. The number of rotatable bonds is 3. The van der Waals surface area contributed by atoms with Crippen molar-refractivity contribution in [2.24, 2.45) is 0 Å². The van der Waals surface area contributed by atoms with E-state index in [0.717, 1.165) is 0 Å². The third kappa shape index (κ3) is 3.06. The van der Waals surface area contributed by atoms with Crippen molar-refractivity contribution in [2.75, 3.05) is 5.73 Å². The average molecular weight is 334 g/mol. The highest BCUT2D eigenvalue weighted by atomic mass is 35.5. The molecular formula is C13H10Cl2FNO2S. The summed E-state index contributed by atoms with van der Waals surface area (Å²) in [6, 6.07) is 8.26. The summed E-state index contributed by atoms with van der Waals surface area (Å²) in [5, 5.41) is -0.117. The zero-order valence-electron chi connectivity index (χ0n) is 10.1. The highest BCUT2D eigenvalue weighted by Crippen LogP contribution is 2.28. The smallest absolute Gasteiger partial charge is 0.184 e. The molecule has 3 nitrogen and oxygen atoms in total. The van der Waals surface area contributed by atoms with Crippen LogP contribution in [0.15, 0.2) is 41.3 Å². The zero-order valence-corrected chi connectivity index (χ0v) is 12.4. The Kier molecular flexibility index (Phi) is 4.22. The van der Waals surface area contributed by atoms with Crippen molar-refractivity contribution in [1.82, 2.24) is 0 Å². The molecule has 0 spiro atoms. The first kappa shape index (κ1) is 15.1. The van der Waals surface area contributed by atoms with Crippen LogP contribution in [0.2, 0.25) is 10.0 Å². The van der Waals surface area contributed by atoms with Crippen molar-refractivity contribution in [3.05, 3.63) is 57.8 Å². The maximum absolute atomic E-state index is 13.8. The predicted octanol–water partition coefficient (Wildman–Crippen LogP) is 3.69. The first-order chi connectivity index (χ1) is 9.31. The molecule has 0 aromatic heterocycles. The molecular weight excluding hydrogens is 324 g/mol. The summed E-state index contributed by atoms with van der Waals surface area (Å²) < 4.78 is 38.3. The van der Waals surface area contributed by atoms with Crippen LogP contribution in [-0.2, 0) is 15.6 Å². The van der Waals surface area contributed by atoms with Crippen LogP contribution in [0.1, 0.15) is 5.56 Å². The van der Waals surface area contributed by atoms with Crippen molar-refractivity contribution in [1.29, 1.82) is 0 Å². The molecule has 2 aromatic rings. The van der Waals surface area contributed by atoms with E-state index in [1.807, 2.05) is 0 Å². The Morgan fingerprint density at radius 1 is 1.10 bits per heavy atom. The minimum Gasteiger partial charge on any atom is -0.399 e. The largest absolute Gasteiger partial charge is 0.399 e. The molecule has 0 fully saturated rings. The molecule has 0 atom stereocenters. The lowest BCUT2D eigenvalue weighted by Gasteiger charge is -2.08. The molecule has 0 aliphatic rings. The van der Waals surface area contributed by atoms with Gasteiger partial charge in [-0.15, -0.1) is 0 Å². The van der Waals surface area contributed by atoms with Crippen LogP contribution in [0.4, 0.5) is 10.1 Å². The van der Waals surface area contributed by atoms with E-state index in [1.165, 1.54) is 36.4 Å². The third-order valence-electron chi connectivity index (χ3n) is 2.67. The number of hydrogen-bond acceptors (Lipinski definition) is 3. The Hall–Kier alpha value is -1.30. The number of anilines is 1. The van der Waals surface area contributed by atoms with Gasteiger partial charge in [0.2, 0.25) is 0 Å². The van der Waals surface area contributed by atoms with E-state index in [2.05, 4.69) is 0 Å². The monoisotopic (exact) mass is 333 g/mol. The lowest BCUT2D eigenvalue weighted by Crippen LogP contribution is -2.07. The van der Waals surface area contributed by atoms with E-state index in [9.17, 15) is 12.8 Å². The van der Waals surface area contributed by atoms with E-state index in [1.54, 1.807) is 0 Å². The fourth-order valence-electron chi connectivity index (χ4n) is 1.71. The fraction of sp³-hybridized carbons (Fsp3) is 0.0769. The van der Waals surface area contributed by atoms with Crippen molar-refractivity contribution in [3.63, 3.8) is 0 Å². The summed E-state index contributed by atoms with van der Waals surface area (Å²) >= 11 is 11.5. The molecule has 0 saturated carbocycles. The summed E-state index contributed by atoms with van der Waals surface area (Å²) in [5.74, 6) is -1.27. The Balaban J connectivity index is 2.44. The molecule has 20 heavy (non-hydrogen) atoms. The van der Waals surface area contributed by atoms with Gasteiger partial charge in [0.25, 0.3) is 0 Å². The summed E-state index contributed by atoms with van der Waals surface area (Å²) in [4.78, 5) is -0.0901. The first-order valence-corrected chi connectivity index (χ1v) is 7.93. The Morgan fingerprint density at radius 2 is 1.80 bits per heavy atom. The van der Waals surface area contributed by atoms with Crippen molar-refractivity contribution in [2.45, 2.75) is 10.6 Å². The predicted molar refractivity (Wildman–Crippen MR) is 78.2 cm³/mol. The Bertz CT molecular complexity index is 763. The molecule has 2 N–H and O–H groups in total. The van der Waals surface area contributed by atoms with Gasteiger partial charge in [-0.1, -0.05) is 35.3 Å². The quantitative estimate of drug-likeness (QED) is 0.871. The van der Waals surface area contributed by atoms with Gasteiger partial charge in [-0.3, -0.25) is 0 Å². The van der Waals surface area contributed by atoms with E-state index < -0.39 is 21.4 Å². The average Bonchev–Trinajstić information content (AvgIpc) is 2.34. The SMILES string of the molecule is Nc1ccc(S(=O)(=O)Cc2cccc(Cl)c2F)c(Cl)c1. The summed E-state index contributed by atoms with van der Waals surface area (Å²) in [6.45, 7) is 0. The van der Waals surface area contributed by atoms with Crippen LogP contribution in [-0.4, -0.2) is 8.42 Å². The number of sulfone groups is 1. The van der Waals surface area contributed by atoms with E-state index in [0.29, 0.717) is 5.69 Å². The minimum absolute atomic E-state index is 0.00689. The number of benzene rings is 2. The highest BCUT2D eigenvalue weighted by molar-refractivity contribution is 7.90. The van der Waals surface area contributed by atoms with E-state index in [-0.39, 0.29) is 20.5 Å². The molecule has 2 aromatic carbocycles. The molecule has 0 radical (unpaired) electrons. The van der Waals surface area contributed by atoms with Crippen LogP contribution < -0.4 is 5.73 Å². The highest BCUT2D eigenvalue weighted by Gasteiger charge is 2.21. The van der Waals surface area contributed by atoms with Gasteiger partial charge in [0.1, 0.15) is 5.82 Å². The maximum atomic E-state index is 13.8. The lowest BCUT2D eigenvalue weighted by atomic mass is 10.2. The van der Waals surface area contributed by atoms with Crippen molar-refractivity contribution < 1.29 is 12.8 Å². The van der Waals surface area contributed by atoms with Crippen molar-refractivity contribution in [3.8, 4) is 0 Å². The third-order valence-corrected chi connectivity index (χ3v) is 5.10. The molecule has 0 aliphatic heterocycles. The van der Waals surface area contributed by atoms with Gasteiger partial charge in [0.05, 0.1) is 20.7 Å². The zero-order chi connectivity index (χ0) is 14.9. The molecule has 0 saturated heterocycles. The second-order valence-electron chi connectivity index (χ2n) is 4.16. The van der Waals surface area contributed by atoms with Crippen LogP contribution in [0.5, 0.6) is 0 Å². The van der Waals surface area contributed by atoms with Gasteiger partial charge in [-0.25, -0.2) is 12.8 Å². The molecule has 0 unspecified atom stereocenters. The van der Waals surface area contributed by atoms with E-state index >= 15 is 0 Å². The van der Waals surface area contributed by atoms with Gasteiger partial charge >= 0.3 is 0 Å². The molecule has 0 bridgehead atoms. The number of halogens is 3. The summed E-state index contributed by atoms with van der Waals surface area (Å²) in [7, 11) is -3.79. The molecule has 2 rings (SSSR count). The van der Waals surface area contributed by atoms with Gasteiger partial charge < -0.3 is 5.73 Å². The maximum Gasteiger partial charge on any atom is 0.184 e. The molecule has 0 aliphatic carbocycles. The topological polar surface area (TPSA) is 60.2 Å². The van der Waals surface area contributed by atoms with Gasteiger partial charge in [-0.2, -0.15) is 0 Å². The fourth-order valence-corrected chi connectivity index (χ4v) is 3.87. The Morgan fingerprint density at radius 3 is 2.45 bits per heavy atom. The standard InChI is InChI=1S/C13H10Cl2FNO2S/c14-10-3-1-2-8(13(10)16)7-20(18,19)12-5-4-9(17)6-11(12)15/h1-6H,7,17H2. The second-order valence-corrected chi connectivity index (χ2v) is 6.93. The molecule has 7 heteroatoms. The van der Waals surface area contributed by atoms with Crippen LogP contribution >= 0.6 is 23.2 Å². The van der Waals surface area contributed by atoms with Gasteiger partial charge in [0.15, 0.2) is 9.84 Å². The van der Waals surface area contributed by atoms with Crippen LogP contribution in [0.25, 0.3) is 0 Å². The van der Waals surface area contributed by atoms with Gasteiger partial charge in [-0.05, 0) is 24.3 Å². The van der Waals surface area contributed by atoms with Crippen LogP contribution in [0.3, 0.4) is 0 Å². The molecule has 0 amide bonds. The van der Waals surface area contributed by atoms with Crippen molar-refractivity contribution >= 4 is 38.7 Å². The normalized spacial score (nSPS) is 11.6. The first-order valence-electron chi connectivity index (χ1n) is 5.52. The van der Waals surface area contributed by atoms with Crippen LogP contribution in [0, 0.1) is 5.82 Å². The summed E-state index contributed by atoms with van der Waals surface area (Å²) in [5.41, 5.74) is 5.85.